The van der Waals surface area contributed by atoms with Crippen molar-refractivity contribution in [1.29, 1.82) is 0 Å². The van der Waals surface area contributed by atoms with Crippen molar-refractivity contribution in [2.75, 3.05) is 37.6 Å². The van der Waals surface area contributed by atoms with Crippen molar-refractivity contribution in [2.24, 2.45) is 23.2 Å². The fourth-order valence-corrected chi connectivity index (χ4v) is 6.43. The van der Waals surface area contributed by atoms with Crippen LogP contribution in [0.25, 0.3) is 0 Å². The number of nitrogens with zero attached hydrogens (tertiary/aromatic N) is 2. The van der Waals surface area contributed by atoms with Gasteiger partial charge in [-0.3, -0.25) is 9.69 Å². The van der Waals surface area contributed by atoms with E-state index in [-0.39, 0.29) is 35.1 Å². The van der Waals surface area contributed by atoms with Crippen molar-refractivity contribution >= 4 is 11.7 Å². The highest BCUT2D eigenvalue weighted by Crippen LogP contribution is 2.56. The second kappa shape index (κ2) is 7.89. The molecule has 6 heteroatoms. The van der Waals surface area contributed by atoms with Gasteiger partial charge in [-0.15, -0.1) is 0 Å². The average molecular weight is 429 g/mol. The predicted molar refractivity (Wildman–Crippen MR) is 117 cm³/mol. The van der Waals surface area contributed by atoms with E-state index in [1.807, 2.05) is 12.1 Å². The van der Waals surface area contributed by atoms with Gasteiger partial charge >= 0.3 is 5.97 Å². The third kappa shape index (κ3) is 3.39. The topological polar surface area (TPSA) is 53.0 Å². The van der Waals surface area contributed by atoms with Gasteiger partial charge in [-0.25, -0.2) is 4.39 Å². The molecule has 0 bridgehead atoms. The standard InChI is InChI=1S/C25H33FN2O3/c1-16-6-5-7-17-14-21-22(23(29)25(16,17)2)18(24(30)31-21)15-27-10-12-28(13-11-27)20-9-4-3-8-19(20)26/h3-4,7-9,16,18,21-23,29H,5-6,10-15H2,1-2H3/t16-,18+,21-,22-,23-,25-/m1/s1. The summed E-state index contributed by atoms with van der Waals surface area (Å²) in [6, 6.07) is 6.89. The number of halogens is 1. The van der Waals surface area contributed by atoms with Crippen molar-refractivity contribution in [3.8, 4) is 0 Å². The largest absolute Gasteiger partial charge is 0.461 e. The zero-order chi connectivity index (χ0) is 21.8. The molecule has 3 fully saturated rings. The molecule has 1 saturated carbocycles. The smallest absolute Gasteiger partial charge is 0.311 e. The molecule has 2 aliphatic carbocycles. The second-order valence-corrected chi connectivity index (χ2v) is 10.0. The molecule has 0 spiro atoms. The third-order valence-corrected chi connectivity index (χ3v) is 8.59. The maximum atomic E-state index is 14.1. The van der Waals surface area contributed by atoms with E-state index in [4.69, 9.17) is 4.74 Å². The van der Waals surface area contributed by atoms with Gasteiger partial charge in [-0.1, -0.05) is 37.6 Å². The minimum atomic E-state index is -0.566. The molecule has 0 unspecified atom stereocenters. The number of carbonyl (C=O) groups is 1. The number of esters is 1. The molecule has 31 heavy (non-hydrogen) atoms. The van der Waals surface area contributed by atoms with Crippen LogP contribution in [0.1, 0.15) is 33.1 Å². The summed E-state index contributed by atoms with van der Waals surface area (Å²) < 4.78 is 19.9. The molecule has 2 heterocycles. The number of aliphatic hydroxyl groups is 1. The highest BCUT2D eigenvalue weighted by molar-refractivity contribution is 5.76. The Morgan fingerprint density at radius 3 is 2.71 bits per heavy atom. The van der Waals surface area contributed by atoms with E-state index in [1.54, 1.807) is 6.07 Å². The number of hydrogen-bond acceptors (Lipinski definition) is 5. The lowest BCUT2D eigenvalue weighted by atomic mass is 9.55. The van der Waals surface area contributed by atoms with Crippen LogP contribution in [0.5, 0.6) is 0 Å². The third-order valence-electron chi connectivity index (χ3n) is 8.59. The van der Waals surface area contributed by atoms with Crippen LogP contribution >= 0.6 is 0 Å². The lowest BCUT2D eigenvalue weighted by Gasteiger charge is -2.52. The van der Waals surface area contributed by atoms with Crippen LogP contribution in [0.15, 0.2) is 35.9 Å². The van der Waals surface area contributed by atoms with Gasteiger partial charge in [0.1, 0.15) is 11.9 Å². The van der Waals surface area contributed by atoms with E-state index in [0.717, 1.165) is 45.4 Å². The first-order valence-corrected chi connectivity index (χ1v) is 11.7. The number of aliphatic hydroxyl groups excluding tert-OH is 1. The zero-order valence-electron chi connectivity index (χ0n) is 18.5. The molecule has 1 aromatic carbocycles. The van der Waals surface area contributed by atoms with Crippen molar-refractivity contribution in [1.82, 2.24) is 4.90 Å². The summed E-state index contributed by atoms with van der Waals surface area (Å²) in [5, 5.41) is 11.5. The fourth-order valence-electron chi connectivity index (χ4n) is 6.43. The summed E-state index contributed by atoms with van der Waals surface area (Å²) in [4.78, 5) is 17.2. The maximum absolute atomic E-state index is 14.1. The van der Waals surface area contributed by atoms with Gasteiger partial charge in [0.05, 0.1) is 17.7 Å². The highest BCUT2D eigenvalue weighted by atomic mass is 19.1. The van der Waals surface area contributed by atoms with Crippen molar-refractivity contribution in [3.05, 3.63) is 41.7 Å². The van der Waals surface area contributed by atoms with Crippen molar-refractivity contribution in [3.63, 3.8) is 0 Å². The number of benzene rings is 1. The minimum absolute atomic E-state index is 0.153. The molecule has 5 rings (SSSR count). The SMILES string of the molecule is C[C@@H]1CCC=C2C[C@H]3OC(=O)[C@@H](CN4CCN(c5ccccc5F)CC4)[C@H]3[C@@H](O)[C@@]21C. The lowest BCUT2D eigenvalue weighted by Crippen LogP contribution is -2.55. The monoisotopic (exact) mass is 428 g/mol. The quantitative estimate of drug-likeness (QED) is 0.592. The molecule has 0 radical (unpaired) electrons. The first-order valence-electron chi connectivity index (χ1n) is 11.7. The van der Waals surface area contributed by atoms with Crippen LogP contribution in [0.3, 0.4) is 0 Å². The van der Waals surface area contributed by atoms with Crippen LogP contribution < -0.4 is 4.90 Å². The van der Waals surface area contributed by atoms with Crippen LogP contribution in [-0.2, 0) is 9.53 Å². The van der Waals surface area contributed by atoms with E-state index in [1.165, 1.54) is 11.6 Å². The van der Waals surface area contributed by atoms with Crippen LogP contribution in [-0.4, -0.2) is 60.9 Å². The predicted octanol–water partition coefficient (Wildman–Crippen LogP) is 3.23. The van der Waals surface area contributed by atoms with Crippen molar-refractivity contribution < 1.29 is 19.0 Å². The van der Waals surface area contributed by atoms with Gasteiger partial charge in [0, 0.05) is 50.5 Å². The number of piperazine rings is 1. The molecule has 5 nitrogen and oxygen atoms in total. The van der Waals surface area contributed by atoms with Crippen LogP contribution in [0.4, 0.5) is 10.1 Å². The number of para-hydroxylation sites is 1. The lowest BCUT2D eigenvalue weighted by molar-refractivity contribution is -0.145. The first kappa shape index (κ1) is 21.0. The molecule has 6 atom stereocenters. The number of carbonyl (C=O) groups excluding carboxylic acids is 1. The number of hydrogen-bond donors (Lipinski definition) is 1. The molecule has 168 valence electrons. The fraction of sp³-hybridized carbons (Fsp3) is 0.640. The van der Waals surface area contributed by atoms with Crippen LogP contribution in [0, 0.1) is 29.0 Å². The maximum Gasteiger partial charge on any atom is 0.311 e. The highest BCUT2D eigenvalue weighted by Gasteiger charge is 2.59. The number of ether oxygens (including phenoxy) is 1. The zero-order valence-corrected chi connectivity index (χ0v) is 18.5. The number of allylic oxidation sites excluding steroid dienone is 1. The average Bonchev–Trinajstić information content (AvgIpc) is 3.06. The molecule has 0 aromatic heterocycles. The Hall–Kier alpha value is -1.92. The summed E-state index contributed by atoms with van der Waals surface area (Å²) in [5.74, 6) is -0.417. The summed E-state index contributed by atoms with van der Waals surface area (Å²) in [7, 11) is 0. The van der Waals surface area contributed by atoms with Gasteiger partial charge in [0.2, 0.25) is 0 Å². The summed E-state index contributed by atoms with van der Waals surface area (Å²) >= 11 is 0. The molecule has 1 N–H and O–H groups in total. The van der Waals surface area contributed by atoms with E-state index < -0.39 is 6.10 Å². The molecular formula is C25H33FN2O3. The van der Waals surface area contributed by atoms with E-state index in [0.29, 0.717) is 18.2 Å². The second-order valence-electron chi connectivity index (χ2n) is 10.0. The normalized spacial score (nSPS) is 38.3. The number of fused-ring (bicyclic) bond motifs is 2. The van der Waals surface area contributed by atoms with E-state index in [2.05, 4.69) is 29.7 Å². The van der Waals surface area contributed by atoms with E-state index in [9.17, 15) is 14.3 Å². The summed E-state index contributed by atoms with van der Waals surface area (Å²) in [6.07, 6.45) is 4.36. The number of anilines is 1. The van der Waals surface area contributed by atoms with Gasteiger partial charge in [-0.05, 0) is 30.9 Å². The Balaban J connectivity index is 1.28. The molecule has 0 amide bonds. The van der Waals surface area contributed by atoms with Gasteiger partial charge in [-0.2, -0.15) is 0 Å². The minimum Gasteiger partial charge on any atom is -0.461 e. The van der Waals surface area contributed by atoms with Gasteiger partial charge in [0.15, 0.2) is 0 Å². The molecule has 2 saturated heterocycles. The Morgan fingerprint density at radius 2 is 1.97 bits per heavy atom. The van der Waals surface area contributed by atoms with Crippen molar-refractivity contribution in [2.45, 2.75) is 45.3 Å². The number of rotatable bonds is 3. The Labute approximate surface area is 183 Å². The summed E-state index contributed by atoms with van der Waals surface area (Å²) in [5.41, 5.74) is 1.64. The molecular weight excluding hydrogens is 395 g/mol. The van der Waals surface area contributed by atoms with Gasteiger partial charge < -0.3 is 14.7 Å². The molecule has 1 aromatic rings. The van der Waals surface area contributed by atoms with Gasteiger partial charge in [0.25, 0.3) is 0 Å². The first-order chi connectivity index (χ1) is 14.9. The molecule has 4 aliphatic rings. The summed E-state index contributed by atoms with van der Waals surface area (Å²) in [6.45, 7) is 7.99. The Morgan fingerprint density at radius 1 is 1.23 bits per heavy atom. The van der Waals surface area contributed by atoms with Crippen LogP contribution in [0.2, 0.25) is 0 Å². The van der Waals surface area contributed by atoms with E-state index >= 15 is 0 Å². The Bertz CT molecular complexity index is 881. The molecule has 2 aliphatic heterocycles. The Kier molecular flexibility index (Phi) is 5.33.